The first-order valence-corrected chi connectivity index (χ1v) is 7.82. The standard InChI is InChI=1S/C12H19N3O3S/c13-11-5-4-10(8-14-11)19(17,18)15-12(9-16)6-2-1-3-7-12/h4-5,8,15-16H,1-3,6-7,9H2,(H2,13,14). The third-order valence-corrected chi connectivity index (χ3v) is 5.10. The van der Waals surface area contributed by atoms with E-state index in [0.29, 0.717) is 12.8 Å². The van der Waals surface area contributed by atoms with Gasteiger partial charge >= 0.3 is 0 Å². The maximum Gasteiger partial charge on any atom is 0.242 e. The first-order valence-electron chi connectivity index (χ1n) is 6.34. The molecule has 106 valence electrons. The summed E-state index contributed by atoms with van der Waals surface area (Å²) in [6.07, 6.45) is 5.46. The number of nitrogens with one attached hydrogen (secondary N) is 1. The molecule has 6 nitrogen and oxygen atoms in total. The minimum absolute atomic E-state index is 0.0695. The van der Waals surface area contributed by atoms with Crippen molar-refractivity contribution >= 4 is 15.8 Å². The number of nitrogens with zero attached hydrogens (tertiary/aromatic N) is 1. The molecule has 1 aliphatic carbocycles. The molecule has 1 saturated carbocycles. The second-order valence-corrected chi connectivity index (χ2v) is 6.71. The van der Waals surface area contributed by atoms with E-state index in [4.69, 9.17) is 5.73 Å². The summed E-state index contributed by atoms with van der Waals surface area (Å²) in [7, 11) is -3.68. The Kier molecular flexibility index (Phi) is 4.07. The number of hydrogen-bond donors (Lipinski definition) is 3. The van der Waals surface area contributed by atoms with Gasteiger partial charge in [-0.3, -0.25) is 0 Å². The smallest absolute Gasteiger partial charge is 0.242 e. The predicted molar refractivity (Wildman–Crippen MR) is 71.9 cm³/mol. The first-order chi connectivity index (χ1) is 8.97. The zero-order chi connectivity index (χ0) is 13.9. The average molecular weight is 285 g/mol. The van der Waals surface area contributed by atoms with Crippen molar-refractivity contribution in [3.63, 3.8) is 0 Å². The molecule has 0 atom stereocenters. The lowest BCUT2D eigenvalue weighted by molar-refractivity contribution is 0.142. The van der Waals surface area contributed by atoms with Gasteiger partial charge in [0.05, 0.1) is 12.1 Å². The van der Waals surface area contributed by atoms with Gasteiger partial charge < -0.3 is 10.8 Å². The zero-order valence-corrected chi connectivity index (χ0v) is 11.5. The van der Waals surface area contributed by atoms with Crippen molar-refractivity contribution in [3.8, 4) is 0 Å². The summed E-state index contributed by atoms with van der Waals surface area (Å²) in [5, 5.41) is 9.53. The Morgan fingerprint density at radius 2 is 2.00 bits per heavy atom. The molecule has 1 heterocycles. The molecule has 7 heteroatoms. The van der Waals surface area contributed by atoms with E-state index < -0.39 is 15.6 Å². The molecule has 2 rings (SSSR count). The van der Waals surface area contributed by atoms with Crippen LogP contribution >= 0.6 is 0 Å². The maximum absolute atomic E-state index is 12.3. The van der Waals surface area contributed by atoms with Crippen molar-refractivity contribution in [2.45, 2.75) is 42.5 Å². The minimum atomic E-state index is -3.68. The Balaban J connectivity index is 2.22. The summed E-state index contributed by atoms with van der Waals surface area (Å²) in [6.45, 7) is -0.186. The van der Waals surface area contributed by atoms with E-state index in [9.17, 15) is 13.5 Å². The molecule has 0 unspecified atom stereocenters. The average Bonchev–Trinajstić information content (AvgIpc) is 2.40. The highest BCUT2D eigenvalue weighted by atomic mass is 32.2. The van der Waals surface area contributed by atoms with Crippen molar-refractivity contribution in [2.24, 2.45) is 0 Å². The Hall–Kier alpha value is -1.18. The van der Waals surface area contributed by atoms with Gasteiger partial charge in [-0.25, -0.2) is 18.1 Å². The quantitative estimate of drug-likeness (QED) is 0.752. The fraction of sp³-hybridized carbons (Fsp3) is 0.583. The number of aliphatic hydroxyl groups excluding tert-OH is 1. The number of pyridine rings is 1. The van der Waals surface area contributed by atoms with Crippen molar-refractivity contribution < 1.29 is 13.5 Å². The SMILES string of the molecule is Nc1ccc(S(=O)(=O)NC2(CO)CCCCC2)cn1. The Morgan fingerprint density at radius 3 is 2.53 bits per heavy atom. The summed E-state index contributed by atoms with van der Waals surface area (Å²) in [5.74, 6) is 0.272. The molecule has 1 aliphatic rings. The molecular weight excluding hydrogens is 266 g/mol. The van der Waals surface area contributed by atoms with Gasteiger partial charge in [0.2, 0.25) is 10.0 Å². The highest BCUT2D eigenvalue weighted by molar-refractivity contribution is 7.89. The molecule has 0 bridgehead atoms. The second kappa shape index (κ2) is 5.44. The molecule has 0 aromatic carbocycles. The molecule has 4 N–H and O–H groups in total. The molecule has 0 aliphatic heterocycles. The third kappa shape index (κ3) is 3.23. The van der Waals surface area contributed by atoms with Gasteiger partial charge in [-0.1, -0.05) is 19.3 Å². The Morgan fingerprint density at radius 1 is 1.32 bits per heavy atom. The van der Waals surface area contributed by atoms with Gasteiger partial charge in [-0.2, -0.15) is 0 Å². The van der Waals surface area contributed by atoms with Crippen LogP contribution in [-0.2, 0) is 10.0 Å². The fourth-order valence-corrected chi connectivity index (χ4v) is 3.81. The number of sulfonamides is 1. The lowest BCUT2D eigenvalue weighted by Crippen LogP contribution is -2.52. The Bertz CT molecular complexity index is 522. The zero-order valence-electron chi connectivity index (χ0n) is 10.7. The highest BCUT2D eigenvalue weighted by Gasteiger charge is 2.35. The van der Waals surface area contributed by atoms with E-state index in [1.165, 1.54) is 18.3 Å². The molecule has 1 aromatic rings. The van der Waals surface area contributed by atoms with Crippen LogP contribution in [0.3, 0.4) is 0 Å². The molecular formula is C12H19N3O3S. The second-order valence-electron chi connectivity index (χ2n) is 5.02. The van der Waals surface area contributed by atoms with Gasteiger partial charge in [0.25, 0.3) is 0 Å². The van der Waals surface area contributed by atoms with E-state index in [0.717, 1.165) is 19.3 Å². The number of hydrogen-bond acceptors (Lipinski definition) is 5. The van der Waals surface area contributed by atoms with Crippen LogP contribution in [0.15, 0.2) is 23.2 Å². The minimum Gasteiger partial charge on any atom is -0.394 e. The Labute approximate surface area is 113 Å². The number of aromatic nitrogens is 1. The van der Waals surface area contributed by atoms with Crippen LogP contribution in [-0.4, -0.2) is 30.7 Å². The van der Waals surface area contributed by atoms with E-state index >= 15 is 0 Å². The molecule has 19 heavy (non-hydrogen) atoms. The summed E-state index contributed by atoms with van der Waals surface area (Å²) < 4.78 is 27.2. The van der Waals surface area contributed by atoms with Crippen LogP contribution in [0.5, 0.6) is 0 Å². The van der Waals surface area contributed by atoms with Gasteiger partial charge in [-0.05, 0) is 25.0 Å². The van der Waals surface area contributed by atoms with Gasteiger partial charge in [0.1, 0.15) is 10.7 Å². The molecule has 0 amide bonds. The number of aliphatic hydroxyl groups is 1. The predicted octanol–water partition coefficient (Wildman–Crippen LogP) is 0.637. The summed E-state index contributed by atoms with van der Waals surface area (Å²) in [6, 6.07) is 2.86. The van der Waals surface area contributed by atoms with Crippen LogP contribution in [0, 0.1) is 0 Å². The van der Waals surface area contributed by atoms with Crippen molar-refractivity contribution in [3.05, 3.63) is 18.3 Å². The molecule has 1 fully saturated rings. The van der Waals surface area contributed by atoms with E-state index in [-0.39, 0.29) is 17.3 Å². The normalized spacial score (nSPS) is 19.2. The summed E-state index contributed by atoms with van der Waals surface area (Å²) >= 11 is 0. The van der Waals surface area contributed by atoms with E-state index in [2.05, 4.69) is 9.71 Å². The van der Waals surface area contributed by atoms with Gasteiger partial charge in [-0.15, -0.1) is 0 Å². The topological polar surface area (TPSA) is 105 Å². The molecule has 0 radical (unpaired) electrons. The number of nitrogens with two attached hydrogens (primary N) is 1. The lowest BCUT2D eigenvalue weighted by atomic mass is 9.83. The lowest BCUT2D eigenvalue weighted by Gasteiger charge is -2.35. The van der Waals surface area contributed by atoms with E-state index in [1.807, 2.05) is 0 Å². The number of rotatable bonds is 4. The van der Waals surface area contributed by atoms with Crippen LogP contribution in [0.1, 0.15) is 32.1 Å². The molecule has 1 aromatic heterocycles. The fourth-order valence-electron chi connectivity index (χ4n) is 2.42. The van der Waals surface area contributed by atoms with E-state index in [1.54, 1.807) is 0 Å². The first kappa shape index (κ1) is 14.2. The summed E-state index contributed by atoms with van der Waals surface area (Å²) in [5.41, 5.74) is 4.70. The van der Waals surface area contributed by atoms with Crippen molar-refractivity contribution in [1.29, 1.82) is 0 Å². The van der Waals surface area contributed by atoms with Crippen LogP contribution in [0.25, 0.3) is 0 Å². The summed E-state index contributed by atoms with van der Waals surface area (Å²) in [4.78, 5) is 3.85. The van der Waals surface area contributed by atoms with Gasteiger partial charge in [0, 0.05) is 6.20 Å². The number of anilines is 1. The molecule has 0 spiro atoms. The van der Waals surface area contributed by atoms with Crippen molar-refractivity contribution in [2.75, 3.05) is 12.3 Å². The van der Waals surface area contributed by atoms with Crippen LogP contribution in [0.4, 0.5) is 5.82 Å². The monoisotopic (exact) mass is 285 g/mol. The van der Waals surface area contributed by atoms with Crippen molar-refractivity contribution in [1.82, 2.24) is 9.71 Å². The van der Waals surface area contributed by atoms with Gasteiger partial charge in [0.15, 0.2) is 0 Å². The molecule has 0 saturated heterocycles. The van der Waals surface area contributed by atoms with Crippen LogP contribution in [0.2, 0.25) is 0 Å². The highest BCUT2D eigenvalue weighted by Crippen LogP contribution is 2.29. The largest absolute Gasteiger partial charge is 0.394 e. The third-order valence-electron chi connectivity index (χ3n) is 3.53. The van der Waals surface area contributed by atoms with Crippen LogP contribution < -0.4 is 10.5 Å². The number of nitrogen functional groups attached to an aromatic ring is 1. The maximum atomic E-state index is 12.3.